The number of ether oxygens (including phenoxy) is 1. The molecule has 0 aliphatic heterocycles. The van der Waals surface area contributed by atoms with Gasteiger partial charge < -0.3 is 14.7 Å². The number of benzene rings is 1. The predicted octanol–water partition coefficient (Wildman–Crippen LogP) is 2.94. The first-order chi connectivity index (χ1) is 10.3. The quantitative estimate of drug-likeness (QED) is 0.802. The highest BCUT2D eigenvalue weighted by Crippen LogP contribution is 2.13. The summed E-state index contributed by atoms with van der Waals surface area (Å²) in [6.07, 6.45) is 0.858. The van der Waals surface area contributed by atoms with Crippen LogP contribution in [0, 0.1) is 0 Å². The van der Waals surface area contributed by atoms with E-state index in [1.165, 1.54) is 4.90 Å². The van der Waals surface area contributed by atoms with Crippen LogP contribution in [0.1, 0.15) is 50.0 Å². The van der Waals surface area contributed by atoms with Gasteiger partial charge in [-0.1, -0.05) is 19.1 Å². The fourth-order valence-electron chi connectivity index (χ4n) is 1.97. The minimum atomic E-state index is -1.00. The molecule has 5 nitrogen and oxygen atoms in total. The van der Waals surface area contributed by atoms with E-state index in [2.05, 4.69) is 0 Å². The molecule has 1 unspecified atom stereocenters. The summed E-state index contributed by atoms with van der Waals surface area (Å²) in [6, 6.07) is 7.00. The molecule has 1 atom stereocenters. The van der Waals surface area contributed by atoms with Gasteiger partial charge in [-0.3, -0.25) is 9.59 Å². The Labute approximate surface area is 131 Å². The van der Waals surface area contributed by atoms with Gasteiger partial charge in [0.15, 0.2) is 0 Å². The molecule has 122 valence electrons. The number of rotatable bonds is 8. The molecule has 0 radical (unpaired) electrons. The Balaban J connectivity index is 2.83. The van der Waals surface area contributed by atoms with Gasteiger partial charge >= 0.3 is 5.97 Å². The standard InChI is InChI=1S/C17H25NO4/c1-5-13(4)18(10-16(19)20)17(21)15-8-6-14(7-9-15)11-22-12(2)3/h6-9,12-13H,5,10-11H2,1-4H3,(H,19,20). The molecule has 0 saturated heterocycles. The lowest BCUT2D eigenvalue weighted by Gasteiger charge is -2.27. The molecule has 1 rings (SSSR count). The van der Waals surface area contributed by atoms with Crippen LogP contribution in [-0.2, 0) is 16.1 Å². The maximum absolute atomic E-state index is 12.5. The van der Waals surface area contributed by atoms with Crippen molar-refractivity contribution in [1.82, 2.24) is 4.90 Å². The van der Waals surface area contributed by atoms with Crippen LogP contribution in [-0.4, -0.2) is 40.6 Å². The molecule has 0 aliphatic rings. The Morgan fingerprint density at radius 3 is 2.23 bits per heavy atom. The van der Waals surface area contributed by atoms with Gasteiger partial charge in [-0.05, 0) is 44.9 Å². The third kappa shape index (κ3) is 5.48. The Bertz CT molecular complexity index is 496. The second-order valence-corrected chi connectivity index (χ2v) is 5.64. The van der Waals surface area contributed by atoms with Gasteiger partial charge in [0, 0.05) is 11.6 Å². The van der Waals surface area contributed by atoms with E-state index in [9.17, 15) is 9.59 Å². The van der Waals surface area contributed by atoms with Crippen molar-refractivity contribution in [2.45, 2.75) is 52.9 Å². The maximum Gasteiger partial charge on any atom is 0.323 e. The van der Waals surface area contributed by atoms with Gasteiger partial charge in [0.25, 0.3) is 5.91 Å². The first-order valence-corrected chi connectivity index (χ1v) is 7.58. The average molecular weight is 307 g/mol. The predicted molar refractivity (Wildman–Crippen MR) is 84.8 cm³/mol. The number of carboxylic acids is 1. The zero-order valence-corrected chi connectivity index (χ0v) is 13.7. The van der Waals surface area contributed by atoms with Crippen LogP contribution in [0.2, 0.25) is 0 Å². The summed E-state index contributed by atoms with van der Waals surface area (Å²) in [5.74, 6) is -1.26. The second-order valence-electron chi connectivity index (χ2n) is 5.64. The lowest BCUT2D eigenvalue weighted by molar-refractivity contribution is -0.138. The molecule has 0 bridgehead atoms. The molecule has 22 heavy (non-hydrogen) atoms. The Hall–Kier alpha value is -1.88. The van der Waals surface area contributed by atoms with Crippen molar-refractivity contribution in [1.29, 1.82) is 0 Å². The summed E-state index contributed by atoms with van der Waals surface area (Å²) < 4.78 is 5.51. The van der Waals surface area contributed by atoms with Gasteiger partial charge in [0.2, 0.25) is 0 Å². The van der Waals surface area contributed by atoms with E-state index < -0.39 is 5.97 Å². The SMILES string of the molecule is CCC(C)N(CC(=O)O)C(=O)c1ccc(COC(C)C)cc1. The number of aliphatic carboxylic acids is 1. The van der Waals surface area contributed by atoms with Gasteiger partial charge in [-0.25, -0.2) is 0 Å². The normalized spacial score (nSPS) is 12.2. The molecule has 0 aliphatic carbocycles. The summed E-state index contributed by atoms with van der Waals surface area (Å²) in [4.78, 5) is 24.8. The smallest absolute Gasteiger partial charge is 0.323 e. The molecule has 0 heterocycles. The number of carbonyl (C=O) groups is 2. The highest BCUT2D eigenvalue weighted by Gasteiger charge is 2.22. The van der Waals surface area contributed by atoms with Crippen molar-refractivity contribution < 1.29 is 19.4 Å². The van der Waals surface area contributed by atoms with E-state index in [0.717, 1.165) is 5.56 Å². The number of hydrogen-bond donors (Lipinski definition) is 1. The number of amides is 1. The Morgan fingerprint density at radius 2 is 1.77 bits per heavy atom. The fourth-order valence-corrected chi connectivity index (χ4v) is 1.97. The summed E-state index contributed by atoms with van der Waals surface area (Å²) in [6.45, 7) is 7.93. The van der Waals surface area contributed by atoms with Crippen LogP contribution in [0.3, 0.4) is 0 Å². The first-order valence-electron chi connectivity index (χ1n) is 7.58. The Morgan fingerprint density at radius 1 is 1.18 bits per heavy atom. The Kier molecular flexibility index (Phi) is 7.05. The third-order valence-electron chi connectivity index (χ3n) is 3.47. The summed E-state index contributed by atoms with van der Waals surface area (Å²) in [5, 5.41) is 8.98. The van der Waals surface area contributed by atoms with E-state index in [4.69, 9.17) is 9.84 Å². The molecule has 5 heteroatoms. The third-order valence-corrected chi connectivity index (χ3v) is 3.47. The van der Waals surface area contributed by atoms with Crippen LogP contribution >= 0.6 is 0 Å². The van der Waals surface area contributed by atoms with E-state index in [-0.39, 0.29) is 24.6 Å². The lowest BCUT2D eigenvalue weighted by Crippen LogP contribution is -2.41. The van der Waals surface area contributed by atoms with Crippen LogP contribution < -0.4 is 0 Å². The van der Waals surface area contributed by atoms with E-state index >= 15 is 0 Å². The molecule has 0 fully saturated rings. The minimum absolute atomic E-state index is 0.118. The van der Waals surface area contributed by atoms with Crippen molar-refractivity contribution in [3.05, 3.63) is 35.4 Å². The fraction of sp³-hybridized carbons (Fsp3) is 0.529. The maximum atomic E-state index is 12.5. The molecule has 1 N–H and O–H groups in total. The van der Waals surface area contributed by atoms with E-state index in [0.29, 0.717) is 18.6 Å². The summed E-state index contributed by atoms with van der Waals surface area (Å²) in [5.41, 5.74) is 1.48. The van der Waals surface area contributed by atoms with E-state index in [1.54, 1.807) is 12.1 Å². The molecule has 0 saturated carbocycles. The van der Waals surface area contributed by atoms with Crippen LogP contribution in [0.15, 0.2) is 24.3 Å². The van der Waals surface area contributed by atoms with Crippen molar-refractivity contribution >= 4 is 11.9 Å². The second kappa shape index (κ2) is 8.54. The molecular formula is C17H25NO4. The zero-order chi connectivity index (χ0) is 16.7. The summed E-state index contributed by atoms with van der Waals surface area (Å²) in [7, 11) is 0. The highest BCUT2D eigenvalue weighted by atomic mass is 16.5. The topological polar surface area (TPSA) is 66.8 Å². The number of hydrogen-bond acceptors (Lipinski definition) is 3. The molecule has 0 spiro atoms. The van der Waals surface area contributed by atoms with Crippen molar-refractivity contribution in [3.63, 3.8) is 0 Å². The van der Waals surface area contributed by atoms with Gasteiger partial charge in [0.05, 0.1) is 12.7 Å². The number of nitrogens with zero attached hydrogens (tertiary/aromatic N) is 1. The molecular weight excluding hydrogens is 282 g/mol. The molecule has 0 aromatic heterocycles. The lowest BCUT2D eigenvalue weighted by atomic mass is 10.1. The first kappa shape index (κ1) is 18.2. The van der Waals surface area contributed by atoms with Crippen molar-refractivity contribution in [3.8, 4) is 0 Å². The van der Waals surface area contributed by atoms with E-state index in [1.807, 2.05) is 39.8 Å². The minimum Gasteiger partial charge on any atom is -0.480 e. The van der Waals surface area contributed by atoms with Crippen LogP contribution in [0.4, 0.5) is 0 Å². The highest BCUT2D eigenvalue weighted by molar-refractivity contribution is 5.96. The van der Waals surface area contributed by atoms with Gasteiger partial charge in [-0.2, -0.15) is 0 Å². The van der Waals surface area contributed by atoms with Crippen LogP contribution in [0.5, 0.6) is 0 Å². The van der Waals surface area contributed by atoms with Crippen molar-refractivity contribution in [2.24, 2.45) is 0 Å². The molecule has 1 aromatic rings. The van der Waals surface area contributed by atoms with Crippen LogP contribution in [0.25, 0.3) is 0 Å². The molecule has 1 aromatic carbocycles. The number of carbonyl (C=O) groups excluding carboxylic acids is 1. The average Bonchev–Trinajstić information content (AvgIpc) is 2.49. The number of carboxylic acid groups (broad SMARTS) is 1. The zero-order valence-electron chi connectivity index (χ0n) is 13.7. The summed E-state index contributed by atoms with van der Waals surface area (Å²) >= 11 is 0. The van der Waals surface area contributed by atoms with Gasteiger partial charge in [0.1, 0.15) is 6.54 Å². The monoisotopic (exact) mass is 307 g/mol. The van der Waals surface area contributed by atoms with Gasteiger partial charge in [-0.15, -0.1) is 0 Å². The largest absolute Gasteiger partial charge is 0.480 e. The molecule has 1 amide bonds. The van der Waals surface area contributed by atoms with Crippen molar-refractivity contribution in [2.75, 3.05) is 6.54 Å².